The summed E-state index contributed by atoms with van der Waals surface area (Å²) >= 11 is 7.56. The fourth-order valence-electron chi connectivity index (χ4n) is 1.16. The van der Waals surface area contributed by atoms with Crippen molar-refractivity contribution in [2.45, 2.75) is 19.9 Å². The van der Waals surface area contributed by atoms with E-state index in [9.17, 15) is 0 Å². The molecule has 0 fully saturated rings. The van der Waals surface area contributed by atoms with Crippen molar-refractivity contribution >= 4 is 35.3 Å². The fourth-order valence-corrected chi connectivity index (χ4v) is 1.91. The van der Waals surface area contributed by atoms with Gasteiger partial charge >= 0.3 is 0 Å². The van der Waals surface area contributed by atoms with Crippen LogP contribution in [0.15, 0.2) is 0 Å². The third kappa shape index (κ3) is 4.40. The lowest BCUT2D eigenvalue weighted by Gasteiger charge is -2.12. The monoisotopic (exact) mass is 261 g/mol. The number of hydrogen-bond acceptors (Lipinski definition) is 6. The third-order valence-corrected chi connectivity index (χ3v) is 2.74. The summed E-state index contributed by atoms with van der Waals surface area (Å²) in [7, 11) is 0. The van der Waals surface area contributed by atoms with Gasteiger partial charge in [0.25, 0.3) is 0 Å². The second kappa shape index (κ2) is 6.75. The van der Waals surface area contributed by atoms with E-state index in [0.717, 1.165) is 12.3 Å². The van der Waals surface area contributed by atoms with Crippen molar-refractivity contribution < 1.29 is 0 Å². The zero-order valence-corrected chi connectivity index (χ0v) is 11.2. The molecule has 1 unspecified atom stereocenters. The largest absolute Gasteiger partial charge is 0.354 e. The molecule has 1 heterocycles. The van der Waals surface area contributed by atoms with Gasteiger partial charge < -0.3 is 10.6 Å². The molecule has 0 saturated carbocycles. The van der Waals surface area contributed by atoms with Crippen molar-refractivity contribution in [1.82, 2.24) is 15.0 Å². The van der Waals surface area contributed by atoms with Crippen LogP contribution in [0.4, 0.5) is 11.9 Å². The molecule has 2 N–H and O–H groups in total. The number of nitrogens with zero attached hydrogens (tertiary/aromatic N) is 3. The molecule has 1 rings (SSSR count). The maximum atomic E-state index is 5.80. The van der Waals surface area contributed by atoms with E-state index in [0.29, 0.717) is 17.9 Å². The molecule has 0 spiro atoms. The van der Waals surface area contributed by atoms with E-state index >= 15 is 0 Å². The van der Waals surface area contributed by atoms with E-state index in [1.807, 2.05) is 6.92 Å². The molecule has 1 atom stereocenters. The number of rotatable bonds is 6. The Morgan fingerprint density at radius 2 is 2.00 bits per heavy atom. The first-order chi connectivity index (χ1) is 7.65. The van der Waals surface area contributed by atoms with Gasteiger partial charge in [-0.15, -0.1) is 0 Å². The number of anilines is 2. The van der Waals surface area contributed by atoms with Crippen LogP contribution in [0.5, 0.6) is 0 Å². The van der Waals surface area contributed by atoms with Gasteiger partial charge in [0.15, 0.2) is 0 Å². The minimum atomic E-state index is 0.199. The summed E-state index contributed by atoms with van der Waals surface area (Å²) < 4.78 is 0. The van der Waals surface area contributed by atoms with Crippen molar-refractivity contribution in [2.24, 2.45) is 0 Å². The van der Waals surface area contributed by atoms with Gasteiger partial charge in [-0.25, -0.2) is 0 Å². The summed E-state index contributed by atoms with van der Waals surface area (Å²) in [5.74, 6) is 2.00. The average Bonchev–Trinajstić information content (AvgIpc) is 2.17. The Kier molecular flexibility index (Phi) is 5.62. The topological polar surface area (TPSA) is 62.7 Å². The SMILES string of the molecule is CCNc1nc(Cl)nc(NC(C)CSC)n1. The molecular formula is C9H16ClN5S. The number of thioether (sulfide) groups is 1. The van der Waals surface area contributed by atoms with E-state index in [1.54, 1.807) is 11.8 Å². The van der Waals surface area contributed by atoms with E-state index in [2.05, 4.69) is 38.8 Å². The second-order valence-corrected chi connectivity index (χ2v) is 4.53. The molecule has 16 heavy (non-hydrogen) atoms. The Balaban J connectivity index is 2.71. The highest BCUT2D eigenvalue weighted by molar-refractivity contribution is 7.98. The van der Waals surface area contributed by atoms with E-state index in [1.165, 1.54) is 0 Å². The van der Waals surface area contributed by atoms with Crippen LogP contribution >= 0.6 is 23.4 Å². The van der Waals surface area contributed by atoms with Crippen LogP contribution in [0, 0.1) is 0 Å². The Labute approximate surface area is 105 Å². The van der Waals surface area contributed by atoms with Gasteiger partial charge in [0.1, 0.15) is 0 Å². The van der Waals surface area contributed by atoms with Gasteiger partial charge in [-0.2, -0.15) is 26.7 Å². The molecule has 0 aliphatic carbocycles. The predicted octanol–water partition coefficient (Wildman–Crippen LogP) is 2.12. The van der Waals surface area contributed by atoms with Crippen LogP contribution in [-0.2, 0) is 0 Å². The van der Waals surface area contributed by atoms with Crippen LogP contribution in [0.25, 0.3) is 0 Å². The van der Waals surface area contributed by atoms with Crippen molar-refractivity contribution in [3.05, 3.63) is 5.28 Å². The van der Waals surface area contributed by atoms with Crippen molar-refractivity contribution in [3.8, 4) is 0 Å². The van der Waals surface area contributed by atoms with Crippen LogP contribution in [0.2, 0.25) is 5.28 Å². The summed E-state index contributed by atoms with van der Waals surface area (Å²) in [4.78, 5) is 12.2. The van der Waals surface area contributed by atoms with Crippen molar-refractivity contribution in [1.29, 1.82) is 0 Å². The van der Waals surface area contributed by atoms with Crippen molar-refractivity contribution in [2.75, 3.05) is 29.2 Å². The molecule has 7 heteroatoms. The van der Waals surface area contributed by atoms with Gasteiger partial charge in [0, 0.05) is 18.3 Å². The van der Waals surface area contributed by atoms with Crippen LogP contribution < -0.4 is 10.6 Å². The zero-order valence-electron chi connectivity index (χ0n) is 9.62. The highest BCUT2D eigenvalue weighted by Gasteiger charge is 2.07. The fraction of sp³-hybridized carbons (Fsp3) is 0.667. The van der Waals surface area contributed by atoms with Gasteiger partial charge in [0.2, 0.25) is 17.2 Å². The molecule has 0 aliphatic heterocycles. The molecule has 0 amide bonds. The van der Waals surface area contributed by atoms with E-state index < -0.39 is 0 Å². The van der Waals surface area contributed by atoms with Crippen LogP contribution in [0.3, 0.4) is 0 Å². The number of nitrogens with one attached hydrogen (secondary N) is 2. The number of halogens is 1. The zero-order chi connectivity index (χ0) is 12.0. The molecular weight excluding hydrogens is 246 g/mol. The Bertz CT molecular complexity index is 336. The first-order valence-corrected chi connectivity index (χ1v) is 6.83. The Hall–Kier alpha value is -0.750. The predicted molar refractivity (Wildman–Crippen MR) is 70.5 cm³/mol. The average molecular weight is 262 g/mol. The lowest BCUT2D eigenvalue weighted by Crippen LogP contribution is -2.20. The molecule has 1 aromatic rings. The Morgan fingerprint density at radius 3 is 2.62 bits per heavy atom. The standard InChI is InChI=1S/C9H16ClN5S/c1-4-11-8-13-7(10)14-9(15-8)12-6(2)5-16-3/h6H,4-5H2,1-3H3,(H2,11,12,13,14,15). The van der Waals surface area contributed by atoms with Gasteiger partial charge in [-0.3, -0.25) is 0 Å². The summed E-state index contributed by atoms with van der Waals surface area (Å²) in [5, 5.41) is 6.38. The first-order valence-electron chi connectivity index (χ1n) is 5.06. The lowest BCUT2D eigenvalue weighted by molar-refractivity contribution is 0.877. The first kappa shape index (κ1) is 13.3. The van der Waals surface area contributed by atoms with Gasteiger partial charge in [0.05, 0.1) is 0 Å². The molecule has 90 valence electrons. The van der Waals surface area contributed by atoms with Gasteiger partial charge in [-0.1, -0.05) is 0 Å². The minimum absolute atomic E-state index is 0.199. The molecule has 0 aliphatic rings. The quantitative estimate of drug-likeness (QED) is 0.818. The van der Waals surface area contributed by atoms with E-state index in [4.69, 9.17) is 11.6 Å². The van der Waals surface area contributed by atoms with E-state index in [-0.39, 0.29) is 5.28 Å². The molecule has 0 aromatic carbocycles. The van der Waals surface area contributed by atoms with Crippen LogP contribution in [-0.4, -0.2) is 39.5 Å². The lowest BCUT2D eigenvalue weighted by atomic mass is 10.4. The maximum Gasteiger partial charge on any atom is 0.229 e. The summed E-state index contributed by atoms with van der Waals surface area (Å²) in [5.41, 5.74) is 0. The van der Waals surface area contributed by atoms with Gasteiger partial charge in [-0.05, 0) is 31.7 Å². The maximum absolute atomic E-state index is 5.80. The Morgan fingerprint density at radius 1 is 1.31 bits per heavy atom. The highest BCUT2D eigenvalue weighted by atomic mass is 35.5. The smallest absolute Gasteiger partial charge is 0.229 e. The molecule has 0 radical (unpaired) electrons. The normalized spacial score (nSPS) is 12.2. The summed E-state index contributed by atoms with van der Waals surface area (Å²) in [6.45, 7) is 4.79. The summed E-state index contributed by atoms with van der Waals surface area (Å²) in [6, 6.07) is 0.294. The van der Waals surface area contributed by atoms with Crippen LogP contribution in [0.1, 0.15) is 13.8 Å². The van der Waals surface area contributed by atoms with Crippen molar-refractivity contribution in [3.63, 3.8) is 0 Å². The minimum Gasteiger partial charge on any atom is -0.354 e. The molecule has 0 bridgehead atoms. The molecule has 0 saturated heterocycles. The second-order valence-electron chi connectivity index (χ2n) is 3.28. The third-order valence-electron chi connectivity index (χ3n) is 1.74. The molecule has 5 nitrogen and oxygen atoms in total. The summed E-state index contributed by atoms with van der Waals surface area (Å²) in [6.07, 6.45) is 2.06. The highest BCUT2D eigenvalue weighted by Crippen LogP contribution is 2.11. The number of aromatic nitrogens is 3. The number of hydrogen-bond donors (Lipinski definition) is 2. The molecule has 1 aromatic heterocycles.